The summed E-state index contributed by atoms with van der Waals surface area (Å²) >= 11 is 0. The van der Waals surface area contributed by atoms with Crippen LogP contribution >= 0.6 is 46.2 Å². The molecule has 0 fully saturated rings. The average molecular weight is 252 g/mol. The summed E-state index contributed by atoms with van der Waals surface area (Å²) in [6.45, 7) is 2.13. The van der Waals surface area contributed by atoms with Crippen LogP contribution in [0.15, 0.2) is 0 Å². The second kappa shape index (κ2) is 4.26. The number of rotatable bonds is 0. The van der Waals surface area contributed by atoms with E-state index in [4.69, 9.17) is 0 Å². The molecule has 5 atom stereocenters. The maximum absolute atomic E-state index is 2.78. The van der Waals surface area contributed by atoms with Gasteiger partial charge in [-0.25, -0.2) is 0 Å². The highest BCUT2D eigenvalue weighted by molar-refractivity contribution is 7.45. The van der Waals surface area contributed by atoms with Crippen LogP contribution in [0.5, 0.6) is 0 Å². The Morgan fingerprint density at radius 2 is 0.833 bits per heavy atom. The molecule has 66 valence electrons. The lowest BCUT2D eigenvalue weighted by Gasteiger charge is -2.14. The minimum atomic E-state index is 1.26. The highest BCUT2D eigenvalue weighted by atomic mass is 31.0. The molecule has 0 bridgehead atoms. The van der Waals surface area contributed by atoms with Crippen LogP contribution in [0.3, 0.4) is 0 Å². The fourth-order valence-electron chi connectivity index (χ4n) is 0.984. The summed E-state index contributed by atoms with van der Waals surface area (Å²) in [5, 5.41) is 6.34. The second-order valence-electron chi connectivity index (χ2n) is 2.69. The first kappa shape index (κ1) is 11.4. The molecule has 1 rings (SSSR count). The lowest BCUT2D eigenvalue weighted by Crippen LogP contribution is -2.41. The maximum Gasteiger partial charge on any atom is -0.0147 e. The summed E-state index contributed by atoms with van der Waals surface area (Å²) in [7, 11) is 13.9. The van der Waals surface area contributed by atoms with Crippen molar-refractivity contribution in [1.29, 1.82) is 0 Å². The SMILES string of the molecule is Cc1c(P)c(P)c(P)c(P)c1P. The van der Waals surface area contributed by atoms with E-state index >= 15 is 0 Å². The van der Waals surface area contributed by atoms with Gasteiger partial charge in [0.05, 0.1) is 0 Å². The Morgan fingerprint density at radius 3 is 1.17 bits per heavy atom. The zero-order valence-corrected chi connectivity index (χ0v) is 12.7. The summed E-state index contributed by atoms with van der Waals surface area (Å²) in [6.07, 6.45) is 0. The van der Waals surface area contributed by atoms with Crippen LogP contribution in [0, 0.1) is 6.92 Å². The van der Waals surface area contributed by atoms with Crippen molar-refractivity contribution >= 4 is 72.7 Å². The molecule has 0 saturated heterocycles. The maximum atomic E-state index is 2.78. The van der Waals surface area contributed by atoms with Gasteiger partial charge in [-0.1, -0.05) is 0 Å². The van der Waals surface area contributed by atoms with Gasteiger partial charge in [0.25, 0.3) is 0 Å². The Kier molecular flexibility index (Phi) is 4.06. The van der Waals surface area contributed by atoms with Crippen molar-refractivity contribution in [3.05, 3.63) is 5.56 Å². The molecule has 1 aromatic rings. The molecule has 0 radical (unpaired) electrons. The first-order valence-corrected chi connectivity index (χ1v) is 6.33. The van der Waals surface area contributed by atoms with Crippen LogP contribution in [0.2, 0.25) is 0 Å². The molecule has 5 unspecified atom stereocenters. The first-order chi connectivity index (χ1) is 5.46. The van der Waals surface area contributed by atoms with Crippen LogP contribution in [0.1, 0.15) is 5.56 Å². The molecule has 0 aliphatic rings. The molecule has 0 aliphatic carbocycles. The summed E-state index contributed by atoms with van der Waals surface area (Å²) in [6, 6.07) is 0. The largest absolute Gasteiger partial charge is 0.105 e. The van der Waals surface area contributed by atoms with Crippen molar-refractivity contribution in [2.24, 2.45) is 0 Å². The van der Waals surface area contributed by atoms with Crippen molar-refractivity contribution in [3.8, 4) is 0 Å². The van der Waals surface area contributed by atoms with Crippen molar-refractivity contribution in [1.82, 2.24) is 0 Å². The second-order valence-corrected chi connectivity index (χ2v) is 5.58. The van der Waals surface area contributed by atoms with Crippen LogP contribution < -0.4 is 26.5 Å². The Hall–Kier alpha value is 1.37. The van der Waals surface area contributed by atoms with Gasteiger partial charge in [0.15, 0.2) is 0 Å². The third-order valence-corrected chi connectivity index (χ3v) is 6.66. The predicted octanol–water partition coefficient (Wildman–Crippen LogP) is -0.503. The van der Waals surface area contributed by atoms with E-state index in [2.05, 4.69) is 53.1 Å². The van der Waals surface area contributed by atoms with E-state index in [9.17, 15) is 0 Å². The molecule has 0 spiro atoms. The Bertz CT molecular complexity index is 226. The van der Waals surface area contributed by atoms with Crippen LogP contribution in [-0.4, -0.2) is 0 Å². The molecule has 0 aromatic heterocycles. The minimum Gasteiger partial charge on any atom is -0.105 e. The zero-order valence-electron chi connectivity index (χ0n) is 6.89. The number of hydrogen-bond acceptors (Lipinski definition) is 0. The summed E-state index contributed by atoms with van der Waals surface area (Å²) < 4.78 is 0. The van der Waals surface area contributed by atoms with Gasteiger partial charge in [-0.15, -0.1) is 46.2 Å². The van der Waals surface area contributed by atoms with Gasteiger partial charge in [0.1, 0.15) is 0 Å². The topological polar surface area (TPSA) is 0 Å². The molecular weight excluding hydrogens is 239 g/mol. The van der Waals surface area contributed by atoms with Crippen LogP contribution in [0.4, 0.5) is 0 Å². The van der Waals surface area contributed by atoms with Gasteiger partial charge in [-0.3, -0.25) is 0 Å². The quantitative estimate of drug-likeness (QED) is 0.546. The summed E-state index contributed by atoms with van der Waals surface area (Å²) in [5.74, 6) is 0. The average Bonchev–Trinajstić information content (AvgIpc) is 2.08. The van der Waals surface area contributed by atoms with E-state index in [0.29, 0.717) is 0 Å². The van der Waals surface area contributed by atoms with E-state index in [0.717, 1.165) is 0 Å². The van der Waals surface area contributed by atoms with Crippen molar-refractivity contribution in [2.45, 2.75) is 6.92 Å². The predicted molar refractivity (Wildman–Crippen MR) is 77.9 cm³/mol. The van der Waals surface area contributed by atoms with Gasteiger partial charge in [0.2, 0.25) is 0 Å². The molecule has 0 aliphatic heterocycles. The van der Waals surface area contributed by atoms with Crippen LogP contribution in [0.25, 0.3) is 0 Å². The lowest BCUT2D eigenvalue weighted by atomic mass is 10.2. The van der Waals surface area contributed by atoms with Gasteiger partial charge < -0.3 is 0 Å². The van der Waals surface area contributed by atoms with Crippen LogP contribution in [-0.2, 0) is 0 Å². The fraction of sp³-hybridized carbons (Fsp3) is 0.143. The Balaban J connectivity index is 3.60. The molecule has 0 nitrogen and oxygen atoms in total. The summed E-state index contributed by atoms with van der Waals surface area (Å²) in [4.78, 5) is 0. The van der Waals surface area contributed by atoms with E-state index in [1.165, 1.54) is 32.1 Å². The van der Waals surface area contributed by atoms with Gasteiger partial charge in [-0.05, 0) is 39.0 Å². The van der Waals surface area contributed by atoms with E-state index < -0.39 is 0 Å². The van der Waals surface area contributed by atoms with Gasteiger partial charge in [0, 0.05) is 0 Å². The fourth-order valence-corrected chi connectivity index (χ4v) is 3.33. The van der Waals surface area contributed by atoms with Gasteiger partial charge >= 0.3 is 0 Å². The summed E-state index contributed by atoms with van der Waals surface area (Å²) in [5.41, 5.74) is 1.33. The zero-order chi connectivity index (χ0) is 9.46. The highest BCUT2D eigenvalue weighted by Crippen LogP contribution is 2.03. The molecule has 0 N–H and O–H groups in total. The first-order valence-electron chi connectivity index (χ1n) is 3.44. The third-order valence-electron chi connectivity index (χ3n) is 1.97. The highest BCUT2D eigenvalue weighted by Gasteiger charge is 2.08. The van der Waals surface area contributed by atoms with Crippen molar-refractivity contribution < 1.29 is 0 Å². The Labute approximate surface area is 85.4 Å². The van der Waals surface area contributed by atoms with E-state index in [1.54, 1.807) is 0 Å². The minimum absolute atomic E-state index is 1.26. The molecule has 12 heavy (non-hydrogen) atoms. The van der Waals surface area contributed by atoms with Crippen molar-refractivity contribution in [2.75, 3.05) is 0 Å². The van der Waals surface area contributed by atoms with Crippen molar-refractivity contribution in [3.63, 3.8) is 0 Å². The molecule has 0 amide bonds. The normalized spacial score (nSPS) is 10.5. The lowest BCUT2D eigenvalue weighted by molar-refractivity contribution is 1.61. The standard InChI is InChI=1S/C7H13P5/c1-2-3(8)5(10)7(12)6(11)4(2)9/h8-12H2,1H3. The molecule has 1 aromatic carbocycles. The monoisotopic (exact) mass is 252 g/mol. The van der Waals surface area contributed by atoms with Gasteiger partial charge in [-0.2, -0.15) is 0 Å². The molecule has 0 saturated carbocycles. The number of benzene rings is 1. The molecule has 5 heteroatoms. The third kappa shape index (κ3) is 1.90. The van der Waals surface area contributed by atoms with E-state index in [-0.39, 0.29) is 0 Å². The molecular formula is C7H13P5. The van der Waals surface area contributed by atoms with E-state index in [1.807, 2.05) is 0 Å². The molecule has 0 heterocycles. The Morgan fingerprint density at radius 1 is 0.583 bits per heavy atom. The number of hydrogen-bond donors (Lipinski definition) is 0. The smallest absolute Gasteiger partial charge is 0.0147 e.